The monoisotopic (exact) mass is 257 g/mol. The number of aromatic nitrogens is 2. The fourth-order valence-electron chi connectivity index (χ4n) is 1.54. The van der Waals surface area contributed by atoms with Crippen molar-refractivity contribution in [2.45, 2.75) is 26.2 Å². The lowest BCUT2D eigenvalue weighted by Crippen LogP contribution is -2.21. The van der Waals surface area contributed by atoms with E-state index in [4.69, 9.17) is 16.3 Å². The molecule has 0 radical (unpaired) electrons. The number of ether oxygens (including phenoxy) is 1. The van der Waals surface area contributed by atoms with Crippen molar-refractivity contribution < 1.29 is 4.74 Å². The molecule has 0 amide bonds. The zero-order chi connectivity index (χ0) is 12.7. The first kappa shape index (κ1) is 14.2. The Morgan fingerprint density at radius 3 is 2.82 bits per heavy atom. The number of hydrogen-bond acceptors (Lipinski definition) is 4. The molecule has 1 aromatic rings. The molecule has 4 nitrogen and oxygen atoms in total. The van der Waals surface area contributed by atoms with Gasteiger partial charge in [-0.05, 0) is 12.8 Å². The molecule has 0 saturated carbocycles. The van der Waals surface area contributed by atoms with Gasteiger partial charge >= 0.3 is 0 Å². The van der Waals surface area contributed by atoms with E-state index in [0.29, 0.717) is 5.15 Å². The Morgan fingerprint density at radius 1 is 1.41 bits per heavy atom. The Balaban J connectivity index is 2.67. The maximum Gasteiger partial charge on any atom is 0.134 e. The predicted molar refractivity (Wildman–Crippen MR) is 70.8 cm³/mol. The molecule has 0 aromatic carbocycles. The van der Waals surface area contributed by atoms with Crippen molar-refractivity contribution in [3.63, 3.8) is 0 Å². The van der Waals surface area contributed by atoms with E-state index in [0.717, 1.165) is 44.1 Å². The Morgan fingerprint density at radius 2 is 2.18 bits per heavy atom. The van der Waals surface area contributed by atoms with E-state index in [-0.39, 0.29) is 0 Å². The number of aryl methyl sites for hydroxylation is 1. The first-order chi connectivity index (χ1) is 8.17. The largest absolute Gasteiger partial charge is 0.385 e. The van der Waals surface area contributed by atoms with Crippen LogP contribution in [-0.4, -0.2) is 37.3 Å². The molecule has 0 aliphatic carbocycles. The summed E-state index contributed by atoms with van der Waals surface area (Å²) in [5, 5.41) is 0.511. The van der Waals surface area contributed by atoms with Gasteiger partial charge in [0, 0.05) is 39.8 Å². The topological polar surface area (TPSA) is 38.2 Å². The normalized spacial score (nSPS) is 10.6. The Labute approximate surface area is 108 Å². The third-order valence-corrected chi connectivity index (χ3v) is 2.63. The van der Waals surface area contributed by atoms with Gasteiger partial charge in [0.2, 0.25) is 0 Å². The van der Waals surface area contributed by atoms with E-state index in [2.05, 4.69) is 21.8 Å². The fraction of sp³-hybridized carbons (Fsp3) is 0.667. The molecule has 0 spiro atoms. The Kier molecular flexibility index (Phi) is 6.22. The van der Waals surface area contributed by atoms with Crippen LogP contribution < -0.4 is 4.90 Å². The van der Waals surface area contributed by atoms with E-state index in [1.54, 1.807) is 13.2 Å². The first-order valence-corrected chi connectivity index (χ1v) is 6.28. The van der Waals surface area contributed by atoms with Crippen LogP contribution in [0.25, 0.3) is 0 Å². The predicted octanol–water partition coefficient (Wildman–Crippen LogP) is 2.56. The van der Waals surface area contributed by atoms with Crippen molar-refractivity contribution in [2.24, 2.45) is 0 Å². The molecular formula is C12H20ClN3O. The number of anilines is 1. The lowest BCUT2D eigenvalue weighted by molar-refractivity contribution is 0.196. The fourth-order valence-corrected chi connectivity index (χ4v) is 1.74. The molecule has 0 unspecified atom stereocenters. The SMILES string of the molecule is CCCc1nc(Cl)cc(N(C)CCCOC)n1. The van der Waals surface area contributed by atoms with Crippen LogP contribution in [-0.2, 0) is 11.2 Å². The van der Waals surface area contributed by atoms with Crippen molar-refractivity contribution in [2.75, 3.05) is 32.2 Å². The second kappa shape index (κ2) is 7.45. The third-order valence-electron chi connectivity index (χ3n) is 2.43. The Hall–Kier alpha value is -0.870. The summed E-state index contributed by atoms with van der Waals surface area (Å²) < 4.78 is 5.03. The van der Waals surface area contributed by atoms with Gasteiger partial charge in [0.1, 0.15) is 16.8 Å². The van der Waals surface area contributed by atoms with Crippen LogP contribution in [0.4, 0.5) is 5.82 Å². The lowest BCUT2D eigenvalue weighted by Gasteiger charge is -2.18. The van der Waals surface area contributed by atoms with Crippen LogP contribution in [0.2, 0.25) is 5.15 Å². The van der Waals surface area contributed by atoms with E-state index >= 15 is 0 Å². The number of hydrogen-bond donors (Lipinski definition) is 0. The summed E-state index contributed by atoms with van der Waals surface area (Å²) in [6, 6.07) is 1.80. The van der Waals surface area contributed by atoms with E-state index in [9.17, 15) is 0 Å². The van der Waals surface area contributed by atoms with E-state index in [1.807, 2.05) is 7.05 Å². The summed E-state index contributed by atoms with van der Waals surface area (Å²) in [5.74, 6) is 1.69. The Bertz CT molecular complexity index is 347. The minimum Gasteiger partial charge on any atom is -0.385 e. The molecular weight excluding hydrogens is 238 g/mol. The molecule has 17 heavy (non-hydrogen) atoms. The summed E-state index contributed by atoms with van der Waals surface area (Å²) in [6.07, 6.45) is 2.85. The smallest absolute Gasteiger partial charge is 0.134 e. The summed E-state index contributed by atoms with van der Waals surface area (Å²) in [6.45, 7) is 3.75. The maximum absolute atomic E-state index is 5.99. The summed E-state index contributed by atoms with van der Waals surface area (Å²) in [5.41, 5.74) is 0. The van der Waals surface area contributed by atoms with Crippen molar-refractivity contribution >= 4 is 17.4 Å². The highest BCUT2D eigenvalue weighted by Gasteiger charge is 2.06. The van der Waals surface area contributed by atoms with Crippen LogP contribution >= 0.6 is 11.6 Å². The summed E-state index contributed by atoms with van der Waals surface area (Å²) in [4.78, 5) is 10.8. The average Bonchev–Trinajstić information content (AvgIpc) is 2.29. The van der Waals surface area contributed by atoms with E-state index in [1.165, 1.54) is 0 Å². The average molecular weight is 258 g/mol. The molecule has 0 saturated heterocycles. The summed E-state index contributed by atoms with van der Waals surface area (Å²) >= 11 is 5.99. The molecule has 0 fully saturated rings. The van der Waals surface area contributed by atoms with Gasteiger partial charge in [-0.3, -0.25) is 0 Å². The van der Waals surface area contributed by atoms with Crippen LogP contribution in [0.3, 0.4) is 0 Å². The zero-order valence-electron chi connectivity index (χ0n) is 10.7. The van der Waals surface area contributed by atoms with E-state index < -0.39 is 0 Å². The number of halogens is 1. The zero-order valence-corrected chi connectivity index (χ0v) is 11.5. The standard InChI is InChI=1S/C12H20ClN3O/c1-4-6-11-14-10(13)9-12(15-11)16(2)7-5-8-17-3/h9H,4-8H2,1-3H3. The molecule has 1 heterocycles. The maximum atomic E-state index is 5.99. The molecule has 0 bridgehead atoms. The van der Waals surface area contributed by atoms with Gasteiger partial charge in [-0.2, -0.15) is 0 Å². The highest BCUT2D eigenvalue weighted by atomic mass is 35.5. The van der Waals surface area contributed by atoms with Crippen molar-refractivity contribution in [1.82, 2.24) is 9.97 Å². The van der Waals surface area contributed by atoms with Gasteiger partial charge in [-0.15, -0.1) is 0 Å². The number of methoxy groups -OCH3 is 1. The molecule has 1 aromatic heterocycles. The van der Waals surface area contributed by atoms with Crippen molar-refractivity contribution in [3.05, 3.63) is 17.0 Å². The van der Waals surface area contributed by atoms with Crippen LogP contribution in [0.1, 0.15) is 25.6 Å². The van der Waals surface area contributed by atoms with Gasteiger partial charge in [0.15, 0.2) is 0 Å². The lowest BCUT2D eigenvalue weighted by atomic mass is 10.3. The summed E-state index contributed by atoms with van der Waals surface area (Å²) in [7, 11) is 3.71. The van der Waals surface area contributed by atoms with Gasteiger partial charge in [0.05, 0.1) is 0 Å². The second-order valence-corrected chi connectivity index (χ2v) is 4.37. The first-order valence-electron chi connectivity index (χ1n) is 5.91. The van der Waals surface area contributed by atoms with Crippen LogP contribution in [0, 0.1) is 0 Å². The van der Waals surface area contributed by atoms with Crippen LogP contribution in [0.5, 0.6) is 0 Å². The van der Waals surface area contributed by atoms with Crippen molar-refractivity contribution in [1.29, 1.82) is 0 Å². The highest BCUT2D eigenvalue weighted by Crippen LogP contribution is 2.15. The minimum atomic E-state index is 0.511. The van der Waals surface area contributed by atoms with Crippen molar-refractivity contribution in [3.8, 4) is 0 Å². The second-order valence-electron chi connectivity index (χ2n) is 3.98. The van der Waals surface area contributed by atoms with Gasteiger partial charge in [-0.1, -0.05) is 18.5 Å². The molecule has 0 atom stereocenters. The quantitative estimate of drug-likeness (QED) is 0.556. The molecule has 0 aliphatic rings. The third kappa shape index (κ3) is 4.88. The highest BCUT2D eigenvalue weighted by molar-refractivity contribution is 6.29. The number of rotatable bonds is 7. The van der Waals surface area contributed by atoms with Gasteiger partial charge in [-0.25, -0.2) is 9.97 Å². The van der Waals surface area contributed by atoms with Gasteiger partial charge in [0.25, 0.3) is 0 Å². The van der Waals surface area contributed by atoms with Crippen LogP contribution in [0.15, 0.2) is 6.07 Å². The molecule has 0 N–H and O–H groups in total. The molecule has 0 aliphatic heterocycles. The minimum absolute atomic E-state index is 0.511. The molecule has 96 valence electrons. The van der Waals surface area contributed by atoms with Gasteiger partial charge < -0.3 is 9.64 Å². The molecule has 1 rings (SSSR count). The number of nitrogens with zero attached hydrogens (tertiary/aromatic N) is 3. The molecule has 5 heteroatoms.